The number of likely N-dealkylation sites (tertiary alicyclic amines) is 1. The molecule has 14 heavy (non-hydrogen) atoms. The van der Waals surface area contributed by atoms with Crippen molar-refractivity contribution in [2.75, 3.05) is 19.6 Å². The van der Waals surface area contributed by atoms with Crippen molar-refractivity contribution in [2.45, 2.75) is 52.9 Å². The van der Waals surface area contributed by atoms with Crippen LogP contribution in [0.25, 0.3) is 0 Å². The summed E-state index contributed by atoms with van der Waals surface area (Å²) in [6.07, 6.45) is 7.12. The molecular formula is C13H27N. The normalized spacial score (nSPS) is 21.4. The molecule has 1 atom stereocenters. The molecule has 1 unspecified atom stereocenters. The minimum atomic E-state index is 0.874. The maximum absolute atomic E-state index is 2.66. The quantitative estimate of drug-likeness (QED) is 0.651. The lowest BCUT2D eigenvalue weighted by Crippen LogP contribution is -2.33. The molecule has 0 radical (unpaired) electrons. The molecule has 0 saturated carbocycles. The molecule has 1 heterocycles. The molecule has 0 aromatic heterocycles. The standard InChI is InChI=1S/C13H27N/c1-12(2)7-8-13(3)11-14-9-5-4-6-10-14/h12-13H,4-11H2,1-3H3. The van der Waals surface area contributed by atoms with Crippen molar-refractivity contribution in [1.29, 1.82) is 0 Å². The van der Waals surface area contributed by atoms with Gasteiger partial charge in [0.25, 0.3) is 0 Å². The average Bonchev–Trinajstić information content (AvgIpc) is 2.16. The van der Waals surface area contributed by atoms with E-state index in [1.807, 2.05) is 0 Å². The third kappa shape index (κ3) is 4.99. The summed E-state index contributed by atoms with van der Waals surface area (Å²) in [6.45, 7) is 11.1. The summed E-state index contributed by atoms with van der Waals surface area (Å²) < 4.78 is 0. The van der Waals surface area contributed by atoms with Crippen LogP contribution >= 0.6 is 0 Å². The summed E-state index contributed by atoms with van der Waals surface area (Å²) in [6, 6.07) is 0. The van der Waals surface area contributed by atoms with Crippen LogP contribution in [0.3, 0.4) is 0 Å². The number of rotatable bonds is 5. The van der Waals surface area contributed by atoms with Crippen molar-refractivity contribution < 1.29 is 0 Å². The van der Waals surface area contributed by atoms with Crippen LogP contribution in [0.15, 0.2) is 0 Å². The average molecular weight is 197 g/mol. The smallest absolute Gasteiger partial charge is 0.000702 e. The second kappa shape index (κ2) is 6.44. The van der Waals surface area contributed by atoms with E-state index < -0.39 is 0 Å². The maximum Gasteiger partial charge on any atom is 0.000702 e. The Morgan fingerprint density at radius 1 is 0.929 bits per heavy atom. The third-order valence-electron chi connectivity index (χ3n) is 3.26. The summed E-state index contributed by atoms with van der Waals surface area (Å²) in [5, 5.41) is 0. The molecule has 1 rings (SSSR count). The number of piperidine rings is 1. The lowest BCUT2D eigenvalue weighted by atomic mass is 9.98. The highest BCUT2D eigenvalue weighted by molar-refractivity contribution is 4.67. The van der Waals surface area contributed by atoms with Gasteiger partial charge in [0.15, 0.2) is 0 Å². The molecule has 1 nitrogen and oxygen atoms in total. The summed E-state index contributed by atoms with van der Waals surface area (Å²) in [7, 11) is 0. The molecule has 1 saturated heterocycles. The summed E-state index contributed by atoms with van der Waals surface area (Å²) in [5.74, 6) is 1.77. The predicted molar refractivity (Wildman–Crippen MR) is 63.5 cm³/mol. The second-order valence-corrected chi connectivity index (χ2v) is 5.44. The van der Waals surface area contributed by atoms with Gasteiger partial charge in [0, 0.05) is 6.54 Å². The Labute approximate surface area is 89.9 Å². The minimum absolute atomic E-state index is 0.874. The zero-order chi connectivity index (χ0) is 10.4. The molecule has 0 aliphatic carbocycles. The predicted octanol–water partition coefficient (Wildman–Crippen LogP) is 3.54. The van der Waals surface area contributed by atoms with Crippen molar-refractivity contribution in [3.8, 4) is 0 Å². The summed E-state index contributed by atoms with van der Waals surface area (Å²) >= 11 is 0. The molecular weight excluding hydrogens is 170 g/mol. The molecule has 84 valence electrons. The highest BCUT2D eigenvalue weighted by atomic mass is 15.1. The van der Waals surface area contributed by atoms with Crippen LogP contribution in [0.2, 0.25) is 0 Å². The molecule has 0 spiro atoms. The van der Waals surface area contributed by atoms with Gasteiger partial charge in [-0.1, -0.05) is 33.6 Å². The minimum Gasteiger partial charge on any atom is -0.303 e. The van der Waals surface area contributed by atoms with E-state index >= 15 is 0 Å². The van der Waals surface area contributed by atoms with Gasteiger partial charge in [-0.05, 0) is 44.2 Å². The SMILES string of the molecule is CC(C)CCC(C)CN1CCCCC1. The van der Waals surface area contributed by atoms with Gasteiger partial charge < -0.3 is 4.90 Å². The molecule has 0 N–H and O–H groups in total. The zero-order valence-corrected chi connectivity index (χ0v) is 10.3. The number of nitrogens with zero attached hydrogens (tertiary/aromatic N) is 1. The van der Waals surface area contributed by atoms with Gasteiger partial charge in [0.05, 0.1) is 0 Å². The molecule has 0 bridgehead atoms. The Hall–Kier alpha value is -0.0400. The monoisotopic (exact) mass is 197 g/mol. The van der Waals surface area contributed by atoms with E-state index in [-0.39, 0.29) is 0 Å². The van der Waals surface area contributed by atoms with Crippen molar-refractivity contribution in [3.63, 3.8) is 0 Å². The van der Waals surface area contributed by atoms with Crippen LogP contribution in [-0.4, -0.2) is 24.5 Å². The van der Waals surface area contributed by atoms with Gasteiger partial charge in [-0.15, -0.1) is 0 Å². The first-order chi connectivity index (χ1) is 6.68. The fourth-order valence-electron chi connectivity index (χ4n) is 2.29. The first-order valence-corrected chi connectivity index (χ1v) is 6.41. The third-order valence-corrected chi connectivity index (χ3v) is 3.26. The van der Waals surface area contributed by atoms with E-state index in [2.05, 4.69) is 25.7 Å². The van der Waals surface area contributed by atoms with E-state index in [0.29, 0.717) is 0 Å². The summed E-state index contributed by atoms with van der Waals surface area (Å²) in [5.41, 5.74) is 0. The molecule has 1 heteroatoms. The Bertz CT molecular complexity index is 136. The van der Waals surface area contributed by atoms with Gasteiger partial charge in [-0.2, -0.15) is 0 Å². The van der Waals surface area contributed by atoms with Gasteiger partial charge in [0.1, 0.15) is 0 Å². The van der Waals surface area contributed by atoms with E-state index in [9.17, 15) is 0 Å². The van der Waals surface area contributed by atoms with Gasteiger partial charge in [-0.3, -0.25) is 0 Å². The fraction of sp³-hybridized carbons (Fsp3) is 1.00. The number of hydrogen-bond donors (Lipinski definition) is 0. The Kier molecular flexibility index (Phi) is 5.54. The second-order valence-electron chi connectivity index (χ2n) is 5.44. The topological polar surface area (TPSA) is 3.24 Å². The fourth-order valence-corrected chi connectivity index (χ4v) is 2.29. The maximum atomic E-state index is 2.66. The van der Waals surface area contributed by atoms with Crippen LogP contribution in [0.4, 0.5) is 0 Å². The van der Waals surface area contributed by atoms with E-state index in [1.54, 1.807) is 0 Å². The van der Waals surface area contributed by atoms with Crippen LogP contribution in [0.1, 0.15) is 52.9 Å². The van der Waals surface area contributed by atoms with Crippen molar-refractivity contribution >= 4 is 0 Å². The first-order valence-electron chi connectivity index (χ1n) is 6.41. The van der Waals surface area contributed by atoms with Crippen molar-refractivity contribution in [2.24, 2.45) is 11.8 Å². The van der Waals surface area contributed by atoms with E-state index in [0.717, 1.165) is 11.8 Å². The number of hydrogen-bond acceptors (Lipinski definition) is 1. The first kappa shape index (κ1) is 12.0. The Morgan fingerprint density at radius 2 is 1.57 bits per heavy atom. The molecule has 0 aromatic rings. The van der Waals surface area contributed by atoms with Gasteiger partial charge in [-0.25, -0.2) is 0 Å². The lowest BCUT2D eigenvalue weighted by Gasteiger charge is -2.29. The van der Waals surface area contributed by atoms with Crippen molar-refractivity contribution in [3.05, 3.63) is 0 Å². The molecule has 0 amide bonds. The Morgan fingerprint density at radius 3 is 2.14 bits per heavy atom. The van der Waals surface area contributed by atoms with Gasteiger partial charge >= 0.3 is 0 Å². The van der Waals surface area contributed by atoms with Gasteiger partial charge in [0.2, 0.25) is 0 Å². The van der Waals surface area contributed by atoms with Crippen LogP contribution in [0.5, 0.6) is 0 Å². The molecule has 1 aliphatic heterocycles. The van der Waals surface area contributed by atoms with Crippen LogP contribution < -0.4 is 0 Å². The molecule has 1 aliphatic rings. The highest BCUT2D eigenvalue weighted by Crippen LogP contribution is 2.16. The summed E-state index contributed by atoms with van der Waals surface area (Å²) in [4.78, 5) is 2.66. The largest absolute Gasteiger partial charge is 0.303 e. The van der Waals surface area contributed by atoms with Crippen molar-refractivity contribution in [1.82, 2.24) is 4.90 Å². The van der Waals surface area contributed by atoms with E-state index in [4.69, 9.17) is 0 Å². The van der Waals surface area contributed by atoms with Crippen LogP contribution in [0, 0.1) is 11.8 Å². The molecule has 1 fully saturated rings. The van der Waals surface area contributed by atoms with E-state index in [1.165, 1.54) is 51.7 Å². The highest BCUT2D eigenvalue weighted by Gasteiger charge is 2.13. The van der Waals surface area contributed by atoms with Crippen LogP contribution in [-0.2, 0) is 0 Å². The zero-order valence-electron chi connectivity index (χ0n) is 10.3. The Balaban J connectivity index is 2.09. The molecule has 0 aromatic carbocycles. The lowest BCUT2D eigenvalue weighted by molar-refractivity contribution is 0.194.